The molecule has 1 aromatic rings. The van der Waals surface area contributed by atoms with Crippen molar-refractivity contribution in [3.05, 3.63) is 17.7 Å². The van der Waals surface area contributed by atoms with Crippen LogP contribution in [-0.4, -0.2) is 34.4 Å². The summed E-state index contributed by atoms with van der Waals surface area (Å²) in [6.07, 6.45) is 0. The van der Waals surface area contributed by atoms with Crippen LogP contribution < -0.4 is 25.3 Å². The lowest BCUT2D eigenvalue weighted by Gasteiger charge is -2.21. The first-order valence-electron chi connectivity index (χ1n) is 5.95. The molecule has 0 fully saturated rings. The Morgan fingerprint density at radius 3 is 2.06 bits per heavy atom. The molecule has 0 saturated carbocycles. The van der Waals surface area contributed by atoms with Crippen molar-refractivity contribution >= 4 is 0 Å². The van der Waals surface area contributed by atoms with Crippen molar-refractivity contribution in [1.82, 2.24) is 5.32 Å². The second-order valence-corrected chi connectivity index (χ2v) is 3.80. The van der Waals surface area contributed by atoms with E-state index in [-0.39, 0.29) is 6.04 Å². The molecule has 0 bridgehead atoms. The quantitative estimate of drug-likeness (QED) is 0.768. The molecule has 0 spiro atoms. The fourth-order valence-electron chi connectivity index (χ4n) is 1.89. The normalized spacial score (nSPS) is 12.1. The minimum Gasteiger partial charge on any atom is -0.496 e. The van der Waals surface area contributed by atoms with Crippen molar-refractivity contribution in [2.24, 2.45) is 5.73 Å². The van der Waals surface area contributed by atoms with Crippen molar-refractivity contribution < 1.29 is 14.2 Å². The molecule has 1 atom stereocenters. The monoisotopic (exact) mass is 254 g/mol. The standard InChI is InChI=1S/C13H22N2O3/c1-5-15-10(8-14)9-6-12(17-3)13(18-4)7-11(9)16-2/h6-7,10,15H,5,8,14H2,1-4H3. The van der Waals surface area contributed by atoms with E-state index in [1.165, 1.54) is 0 Å². The summed E-state index contributed by atoms with van der Waals surface area (Å²) in [7, 11) is 4.84. The maximum absolute atomic E-state index is 5.79. The summed E-state index contributed by atoms with van der Waals surface area (Å²) in [4.78, 5) is 0. The predicted molar refractivity (Wildman–Crippen MR) is 71.6 cm³/mol. The van der Waals surface area contributed by atoms with E-state index in [9.17, 15) is 0 Å². The Bertz CT molecular complexity index is 383. The molecule has 5 nitrogen and oxygen atoms in total. The topological polar surface area (TPSA) is 65.7 Å². The number of hydrogen-bond acceptors (Lipinski definition) is 5. The van der Waals surface area contributed by atoms with Crippen molar-refractivity contribution in [2.75, 3.05) is 34.4 Å². The maximum atomic E-state index is 5.79. The number of benzene rings is 1. The minimum absolute atomic E-state index is 0.0322. The number of likely N-dealkylation sites (N-methyl/N-ethyl adjacent to an activating group) is 1. The number of nitrogens with one attached hydrogen (secondary N) is 1. The third kappa shape index (κ3) is 3.05. The highest BCUT2D eigenvalue weighted by atomic mass is 16.5. The molecule has 0 heterocycles. The van der Waals surface area contributed by atoms with E-state index in [1.54, 1.807) is 21.3 Å². The number of hydrogen-bond donors (Lipinski definition) is 2. The highest BCUT2D eigenvalue weighted by Gasteiger charge is 2.18. The van der Waals surface area contributed by atoms with Gasteiger partial charge in [0.05, 0.1) is 21.3 Å². The maximum Gasteiger partial charge on any atom is 0.164 e. The van der Waals surface area contributed by atoms with E-state index < -0.39 is 0 Å². The zero-order valence-electron chi connectivity index (χ0n) is 11.4. The number of methoxy groups -OCH3 is 3. The van der Waals surface area contributed by atoms with Gasteiger partial charge in [-0.1, -0.05) is 6.92 Å². The van der Waals surface area contributed by atoms with Crippen LogP contribution >= 0.6 is 0 Å². The molecule has 0 amide bonds. The Morgan fingerprint density at radius 2 is 1.61 bits per heavy atom. The van der Waals surface area contributed by atoms with Crippen LogP contribution in [0.1, 0.15) is 18.5 Å². The van der Waals surface area contributed by atoms with Gasteiger partial charge in [-0.05, 0) is 12.6 Å². The zero-order valence-corrected chi connectivity index (χ0v) is 11.4. The average Bonchev–Trinajstić information content (AvgIpc) is 2.43. The lowest BCUT2D eigenvalue weighted by Crippen LogP contribution is -2.28. The Labute approximate surface area is 108 Å². The van der Waals surface area contributed by atoms with Gasteiger partial charge in [0.15, 0.2) is 11.5 Å². The number of rotatable bonds is 7. The summed E-state index contributed by atoms with van der Waals surface area (Å²) >= 11 is 0. The van der Waals surface area contributed by atoms with Gasteiger partial charge in [0.25, 0.3) is 0 Å². The summed E-state index contributed by atoms with van der Waals surface area (Å²) < 4.78 is 15.9. The van der Waals surface area contributed by atoms with Crippen LogP contribution in [-0.2, 0) is 0 Å². The summed E-state index contributed by atoms with van der Waals surface area (Å²) in [5.41, 5.74) is 6.76. The van der Waals surface area contributed by atoms with Crippen LogP contribution in [0.3, 0.4) is 0 Å². The number of ether oxygens (including phenoxy) is 3. The number of nitrogens with two attached hydrogens (primary N) is 1. The van der Waals surface area contributed by atoms with Gasteiger partial charge < -0.3 is 25.3 Å². The van der Waals surface area contributed by atoms with E-state index >= 15 is 0 Å². The van der Waals surface area contributed by atoms with Crippen molar-refractivity contribution in [2.45, 2.75) is 13.0 Å². The van der Waals surface area contributed by atoms with Crippen molar-refractivity contribution in [3.8, 4) is 17.2 Å². The van der Waals surface area contributed by atoms with E-state index in [2.05, 4.69) is 5.32 Å². The SMILES string of the molecule is CCNC(CN)c1cc(OC)c(OC)cc1OC. The molecule has 1 aromatic carbocycles. The smallest absolute Gasteiger partial charge is 0.164 e. The molecule has 5 heteroatoms. The molecule has 1 unspecified atom stereocenters. The van der Waals surface area contributed by atoms with E-state index in [1.807, 2.05) is 19.1 Å². The minimum atomic E-state index is 0.0322. The molecule has 0 aliphatic rings. The Hall–Kier alpha value is -1.46. The fourth-order valence-corrected chi connectivity index (χ4v) is 1.89. The van der Waals surface area contributed by atoms with Crippen LogP contribution in [0.2, 0.25) is 0 Å². The molecule has 0 radical (unpaired) electrons. The van der Waals surface area contributed by atoms with E-state index in [0.717, 1.165) is 17.9 Å². The predicted octanol–water partition coefficient (Wildman–Crippen LogP) is 1.32. The van der Waals surface area contributed by atoms with Crippen LogP contribution in [0.4, 0.5) is 0 Å². The third-order valence-corrected chi connectivity index (χ3v) is 2.80. The first kappa shape index (κ1) is 14.6. The largest absolute Gasteiger partial charge is 0.496 e. The van der Waals surface area contributed by atoms with E-state index in [4.69, 9.17) is 19.9 Å². The van der Waals surface area contributed by atoms with Crippen LogP contribution in [0.15, 0.2) is 12.1 Å². The van der Waals surface area contributed by atoms with Crippen LogP contribution in [0.25, 0.3) is 0 Å². The Balaban J connectivity index is 3.23. The highest BCUT2D eigenvalue weighted by Crippen LogP contribution is 2.37. The van der Waals surface area contributed by atoms with Gasteiger partial charge >= 0.3 is 0 Å². The molecule has 1 rings (SSSR count). The van der Waals surface area contributed by atoms with E-state index in [0.29, 0.717) is 18.0 Å². The second kappa shape index (κ2) is 7.08. The first-order valence-corrected chi connectivity index (χ1v) is 5.95. The molecule has 102 valence electrons. The summed E-state index contributed by atoms with van der Waals surface area (Å²) in [6.45, 7) is 3.36. The zero-order chi connectivity index (χ0) is 13.5. The van der Waals surface area contributed by atoms with Gasteiger partial charge in [-0.25, -0.2) is 0 Å². The Morgan fingerprint density at radius 1 is 1.06 bits per heavy atom. The van der Waals surface area contributed by atoms with Crippen LogP contribution in [0.5, 0.6) is 17.2 Å². The summed E-state index contributed by atoms with van der Waals surface area (Å²) in [5.74, 6) is 2.05. The van der Waals surface area contributed by atoms with Gasteiger partial charge in [-0.3, -0.25) is 0 Å². The van der Waals surface area contributed by atoms with Gasteiger partial charge in [-0.15, -0.1) is 0 Å². The highest BCUT2D eigenvalue weighted by molar-refractivity contribution is 5.51. The van der Waals surface area contributed by atoms with Gasteiger partial charge in [0.2, 0.25) is 0 Å². The molecule has 0 aliphatic heterocycles. The van der Waals surface area contributed by atoms with Crippen LogP contribution in [0, 0.1) is 0 Å². The summed E-state index contributed by atoms with van der Waals surface area (Å²) in [5, 5.41) is 3.31. The molecule has 0 aromatic heterocycles. The van der Waals surface area contributed by atoms with Gasteiger partial charge in [-0.2, -0.15) is 0 Å². The molecular weight excluding hydrogens is 232 g/mol. The first-order chi connectivity index (χ1) is 8.71. The Kier molecular flexibility index (Phi) is 5.74. The summed E-state index contributed by atoms with van der Waals surface area (Å²) in [6, 6.07) is 3.75. The van der Waals surface area contributed by atoms with Gasteiger partial charge in [0.1, 0.15) is 5.75 Å². The van der Waals surface area contributed by atoms with Crippen molar-refractivity contribution in [3.63, 3.8) is 0 Å². The lowest BCUT2D eigenvalue weighted by molar-refractivity contribution is 0.345. The molecular formula is C13H22N2O3. The fraction of sp³-hybridized carbons (Fsp3) is 0.538. The van der Waals surface area contributed by atoms with Gasteiger partial charge in [0, 0.05) is 24.2 Å². The molecule has 0 saturated heterocycles. The molecule has 3 N–H and O–H groups in total. The molecule has 18 heavy (non-hydrogen) atoms. The van der Waals surface area contributed by atoms with Crippen molar-refractivity contribution in [1.29, 1.82) is 0 Å². The third-order valence-electron chi connectivity index (χ3n) is 2.80. The lowest BCUT2D eigenvalue weighted by atomic mass is 10.0. The second-order valence-electron chi connectivity index (χ2n) is 3.80. The molecule has 0 aliphatic carbocycles. The average molecular weight is 254 g/mol.